The Morgan fingerprint density at radius 2 is 1.64 bits per heavy atom. The number of anilines is 3. The van der Waals surface area contributed by atoms with Crippen LogP contribution in [0.1, 0.15) is 32.0 Å². The van der Waals surface area contributed by atoms with Gasteiger partial charge in [-0.25, -0.2) is 9.78 Å². The molecule has 0 bridgehead atoms. The second-order valence-electron chi connectivity index (χ2n) is 6.32. The number of aromatic nitrogens is 1. The Morgan fingerprint density at radius 3 is 2.29 bits per heavy atom. The minimum Gasteiger partial charge on any atom is -0.465 e. The highest BCUT2D eigenvalue weighted by Crippen LogP contribution is 2.22. The summed E-state index contributed by atoms with van der Waals surface area (Å²) in [7, 11) is 1.34. The summed E-state index contributed by atoms with van der Waals surface area (Å²) in [6, 6.07) is 16.2. The molecule has 0 saturated carbocycles. The van der Waals surface area contributed by atoms with Gasteiger partial charge in [0, 0.05) is 5.69 Å². The van der Waals surface area contributed by atoms with Gasteiger partial charge in [-0.3, -0.25) is 4.79 Å². The minimum atomic E-state index is -0.430. The average Bonchev–Trinajstić information content (AvgIpc) is 2.71. The molecule has 1 amide bonds. The maximum Gasteiger partial charge on any atom is 0.339 e. The van der Waals surface area contributed by atoms with Gasteiger partial charge in [0.25, 0.3) is 5.91 Å². The van der Waals surface area contributed by atoms with Crippen LogP contribution in [0.25, 0.3) is 0 Å². The predicted molar refractivity (Wildman–Crippen MR) is 109 cm³/mol. The van der Waals surface area contributed by atoms with Crippen LogP contribution in [-0.2, 0) is 4.74 Å². The number of benzene rings is 2. The standard InChI is InChI=1S/C22H21N3O3/c1-14-7-6-8-15(2)20(14)25-21(26)19-12-11-16(13-23-19)24-18-10-5-4-9-17(18)22(27)28-3/h4-13,24H,1-3H3,(H,25,26). The number of hydrogen-bond donors (Lipinski definition) is 2. The van der Waals surface area contributed by atoms with E-state index in [1.807, 2.05) is 38.1 Å². The van der Waals surface area contributed by atoms with E-state index < -0.39 is 5.97 Å². The van der Waals surface area contributed by atoms with Crippen molar-refractivity contribution in [1.82, 2.24) is 4.98 Å². The zero-order valence-corrected chi connectivity index (χ0v) is 15.9. The van der Waals surface area contributed by atoms with Crippen LogP contribution in [0.2, 0.25) is 0 Å². The van der Waals surface area contributed by atoms with Gasteiger partial charge < -0.3 is 15.4 Å². The van der Waals surface area contributed by atoms with Crippen molar-refractivity contribution in [3.05, 3.63) is 83.2 Å². The van der Waals surface area contributed by atoms with Crippen LogP contribution in [0.4, 0.5) is 17.1 Å². The molecule has 0 fully saturated rings. The lowest BCUT2D eigenvalue weighted by Gasteiger charge is -2.12. The number of rotatable bonds is 5. The van der Waals surface area contributed by atoms with Crippen LogP contribution in [0, 0.1) is 13.8 Å². The van der Waals surface area contributed by atoms with Crippen molar-refractivity contribution >= 4 is 28.9 Å². The van der Waals surface area contributed by atoms with Gasteiger partial charge in [-0.05, 0) is 49.2 Å². The van der Waals surface area contributed by atoms with Crippen molar-refractivity contribution in [2.24, 2.45) is 0 Å². The third-order valence-corrected chi connectivity index (χ3v) is 4.33. The molecule has 0 aliphatic rings. The average molecular weight is 375 g/mol. The fourth-order valence-corrected chi connectivity index (χ4v) is 2.83. The van der Waals surface area contributed by atoms with Crippen LogP contribution in [0.5, 0.6) is 0 Å². The van der Waals surface area contributed by atoms with Gasteiger partial charge in [0.1, 0.15) is 5.69 Å². The first-order valence-electron chi connectivity index (χ1n) is 8.77. The fourth-order valence-electron chi connectivity index (χ4n) is 2.83. The van der Waals surface area contributed by atoms with Crippen LogP contribution >= 0.6 is 0 Å². The van der Waals surface area contributed by atoms with E-state index in [1.54, 1.807) is 36.5 Å². The topological polar surface area (TPSA) is 80.3 Å². The molecule has 28 heavy (non-hydrogen) atoms. The highest BCUT2D eigenvalue weighted by Gasteiger charge is 2.13. The molecule has 3 rings (SSSR count). The molecule has 6 nitrogen and oxygen atoms in total. The van der Waals surface area contributed by atoms with Gasteiger partial charge in [-0.1, -0.05) is 30.3 Å². The summed E-state index contributed by atoms with van der Waals surface area (Å²) in [6.07, 6.45) is 1.55. The smallest absolute Gasteiger partial charge is 0.339 e. The second-order valence-corrected chi connectivity index (χ2v) is 6.32. The van der Waals surface area contributed by atoms with E-state index in [0.29, 0.717) is 22.6 Å². The quantitative estimate of drug-likeness (QED) is 0.643. The minimum absolute atomic E-state index is 0.279. The molecule has 6 heteroatoms. The third kappa shape index (κ3) is 4.17. The van der Waals surface area contributed by atoms with E-state index in [4.69, 9.17) is 4.74 Å². The molecular weight excluding hydrogens is 354 g/mol. The Kier molecular flexibility index (Phi) is 5.69. The fraction of sp³-hybridized carbons (Fsp3) is 0.136. The zero-order valence-electron chi connectivity index (χ0n) is 15.9. The maximum atomic E-state index is 12.5. The summed E-state index contributed by atoms with van der Waals surface area (Å²) >= 11 is 0. The molecule has 1 aromatic heterocycles. The Hall–Kier alpha value is -3.67. The number of amides is 1. The van der Waals surface area contributed by atoms with Crippen molar-refractivity contribution in [2.75, 3.05) is 17.7 Å². The van der Waals surface area contributed by atoms with Crippen LogP contribution < -0.4 is 10.6 Å². The summed E-state index contributed by atoms with van der Waals surface area (Å²) in [6.45, 7) is 3.89. The van der Waals surface area contributed by atoms with Gasteiger partial charge in [0.2, 0.25) is 0 Å². The number of nitrogens with zero attached hydrogens (tertiary/aromatic N) is 1. The molecule has 0 saturated heterocycles. The van der Waals surface area contributed by atoms with Crippen molar-refractivity contribution < 1.29 is 14.3 Å². The van der Waals surface area contributed by atoms with Crippen molar-refractivity contribution in [3.63, 3.8) is 0 Å². The number of methoxy groups -OCH3 is 1. The maximum absolute atomic E-state index is 12.5. The summed E-state index contributed by atoms with van der Waals surface area (Å²) in [5.74, 6) is -0.709. The molecule has 0 aliphatic heterocycles. The van der Waals surface area contributed by atoms with E-state index >= 15 is 0 Å². The number of nitrogens with one attached hydrogen (secondary N) is 2. The van der Waals surface area contributed by atoms with Gasteiger partial charge in [-0.2, -0.15) is 0 Å². The monoisotopic (exact) mass is 375 g/mol. The molecular formula is C22H21N3O3. The normalized spacial score (nSPS) is 10.2. The van der Waals surface area contributed by atoms with Crippen molar-refractivity contribution in [3.8, 4) is 0 Å². The molecule has 0 radical (unpaired) electrons. The van der Waals surface area contributed by atoms with E-state index in [-0.39, 0.29) is 5.91 Å². The summed E-state index contributed by atoms with van der Waals surface area (Å²) in [5.41, 5.74) is 4.75. The lowest BCUT2D eigenvalue weighted by atomic mass is 10.1. The van der Waals surface area contributed by atoms with Gasteiger partial charge >= 0.3 is 5.97 Å². The third-order valence-electron chi connectivity index (χ3n) is 4.33. The molecule has 142 valence electrons. The number of pyridine rings is 1. The van der Waals surface area contributed by atoms with Crippen LogP contribution in [0.15, 0.2) is 60.8 Å². The summed E-state index contributed by atoms with van der Waals surface area (Å²) in [4.78, 5) is 28.6. The molecule has 1 heterocycles. The predicted octanol–water partition coefficient (Wildman–Crippen LogP) is 4.48. The largest absolute Gasteiger partial charge is 0.465 e. The summed E-state index contributed by atoms with van der Waals surface area (Å²) in [5, 5.41) is 6.04. The molecule has 0 spiro atoms. The lowest BCUT2D eigenvalue weighted by Crippen LogP contribution is -2.15. The first-order chi connectivity index (χ1) is 13.5. The zero-order chi connectivity index (χ0) is 20.1. The SMILES string of the molecule is COC(=O)c1ccccc1Nc1ccc(C(=O)Nc2c(C)cccc2C)nc1. The number of ether oxygens (including phenoxy) is 1. The van der Waals surface area contributed by atoms with E-state index in [9.17, 15) is 9.59 Å². The Bertz CT molecular complexity index is 994. The van der Waals surface area contributed by atoms with Crippen molar-refractivity contribution in [2.45, 2.75) is 13.8 Å². The van der Waals surface area contributed by atoms with Crippen LogP contribution in [0.3, 0.4) is 0 Å². The number of para-hydroxylation sites is 2. The lowest BCUT2D eigenvalue weighted by molar-refractivity contribution is 0.0601. The van der Waals surface area contributed by atoms with E-state index in [0.717, 1.165) is 16.8 Å². The molecule has 0 aliphatic carbocycles. The Balaban J connectivity index is 1.76. The van der Waals surface area contributed by atoms with Crippen molar-refractivity contribution in [1.29, 1.82) is 0 Å². The highest BCUT2D eigenvalue weighted by molar-refractivity contribution is 6.04. The number of esters is 1. The summed E-state index contributed by atoms with van der Waals surface area (Å²) < 4.78 is 4.79. The molecule has 3 aromatic rings. The number of carbonyl (C=O) groups excluding carboxylic acids is 2. The molecule has 2 aromatic carbocycles. The molecule has 2 N–H and O–H groups in total. The van der Waals surface area contributed by atoms with Gasteiger partial charge in [0.15, 0.2) is 0 Å². The van der Waals surface area contributed by atoms with Gasteiger partial charge in [0.05, 0.1) is 30.2 Å². The number of carbonyl (C=O) groups is 2. The first kappa shape index (κ1) is 19.1. The van der Waals surface area contributed by atoms with E-state index in [1.165, 1.54) is 7.11 Å². The molecule has 0 unspecified atom stereocenters. The first-order valence-corrected chi connectivity index (χ1v) is 8.77. The Morgan fingerprint density at radius 1 is 0.929 bits per heavy atom. The van der Waals surface area contributed by atoms with E-state index in [2.05, 4.69) is 15.6 Å². The number of aryl methyl sites for hydroxylation is 2. The van der Waals surface area contributed by atoms with Gasteiger partial charge in [-0.15, -0.1) is 0 Å². The Labute approximate surface area is 163 Å². The second kappa shape index (κ2) is 8.35. The highest BCUT2D eigenvalue weighted by atomic mass is 16.5. The van der Waals surface area contributed by atoms with Crippen LogP contribution in [-0.4, -0.2) is 24.0 Å². The number of hydrogen-bond acceptors (Lipinski definition) is 5. The molecule has 0 atom stereocenters.